The fraction of sp³-hybridized carbons (Fsp3) is 0.375. The zero-order valence-electron chi connectivity index (χ0n) is 17.6. The van der Waals surface area contributed by atoms with Gasteiger partial charge in [0.1, 0.15) is 6.61 Å². The standard InChI is InChI=1S/C24H26N2O6/c27-22(28)14-32-26-23(29)15-9-11-16(12-10-15)25-24(30)31-13-21-19-7-3-1-5-17(19)18-6-2-4-8-20(18)21/h1-8,15-16,21H,9-14H2,(H,25,30)(H,26,29)(H,27,28). The van der Waals surface area contributed by atoms with Crippen LogP contribution in [0, 0.1) is 5.92 Å². The molecule has 0 aliphatic heterocycles. The Morgan fingerprint density at radius 2 is 1.50 bits per heavy atom. The summed E-state index contributed by atoms with van der Waals surface area (Å²) in [7, 11) is 0. The number of aliphatic carboxylic acids is 1. The SMILES string of the molecule is O=C(O)CONC(=O)C1CCC(NC(=O)OCC2c3ccccc3-c3ccccc32)CC1. The van der Waals surface area contributed by atoms with Gasteiger partial charge in [0.15, 0.2) is 6.61 Å². The first-order chi connectivity index (χ1) is 15.5. The molecule has 2 aliphatic rings. The van der Waals surface area contributed by atoms with E-state index in [1.54, 1.807) is 0 Å². The Balaban J connectivity index is 1.24. The Labute approximate surface area is 185 Å². The van der Waals surface area contributed by atoms with Crippen LogP contribution in [0.2, 0.25) is 0 Å². The molecule has 168 valence electrons. The maximum atomic E-state index is 12.4. The van der Waals surface area contributed by atoms with Crippen LogP contribution in [-0.2, 0) is 19.2 Å². The number of fused-ring (bicyclic) bond motifs is 3. The Bertz CT molecular complexity index is 954. The first-order valence-electron chi connectivity index (χ1n) is 10.8. The Morgan fingerprint density at radius 3 is 2.09 bits per heavy atom. The van der Waals surface area contributed by atoms with Gasteiger partial charge < -0.3 is 15.2 Å². The topological polar surface area (TPSA) is 114 Å². The molecule has 8 heteroatoms. The van der Waals surface area contributed by atoms with Crippen molar-refractivity contribution in [3.8, 4) is 11.1 Å². The van der Waals surface area contributed by atoms with Crippen LogP contribution >= 0.6 is 0 Å². The van der Waals surface area contributed by atoms with Gasteiger partial charge in [0.2, 0.25) is 5.91 Å². The van der Waals surface area contributed by atoms with Crippen LogP contribution in [0.3, 0.4) is 0 Å². The number of amides is 2. The molecule has 0 radical (unpaired) electrons. The average Bonchev–Trinajstić information content (AvgIpc) is 3.12. The summed E-state index contributed by atoms with van der Waals surface area (Å²) in [5.74, 6) is -1.73. The van der Waals surface area contributed by atoms with Crippen molar-refractivity contribution in [3.63, 3.8) is 0 Å². The number of benzene rings is 2. The molecule has 0 heterocycles. The lowest BCUT2D eigenvalue weighted by molar-refractivity contribution is -0.151. The highest BCUT2D eigenvalue weighted by molar-refractivity contribution is 5.79. The lowest BCUT2D eigenvalue weighted by atomic mass is 9.86. The lowest BCUT2D eigenvalue weighted by Gasteiger charge is -2.28. The molecule has 32 heavy (non-hydrogen) atoms. The molecule has 1 saturated carbocycles. The van der Waals surface area contributed by atoms with Crippen LogP contribution in [0.5, 0.6) is 0 Å². The van der Waals surface area contributed by atoms with E-state index in [9.17, 15) is 14.4 Å². The highest BCUT2D eigenvalue weighted by atomic mass is 16.7. The van der Waals surface area contributed by atoms with E-state index >= 15 is 0 Å². The highest BCUT2D eigenvalue weighted by Gasteiger charge is 2.30. The Morgan fingerprint density at radius 1 is 0.906 bits per heavy atom. The summed E-state index contributed by atoms with van der Waals surface area (Å²) < 4.78 is 5.59. The fourth-order valence-electron chi connectivity index (χ4n) is 4.56. The number of hydrogen-bond donors (Lipinski definition) is 3. The second-order valence-electron chi connectivity index (χ2n) is 8.17. The van der Waals surface area contributed by atoms with Gasteiger partial charge in [0.05, 0.1) is 0 Å². The van der Waals surface area contributed by atoms with E-state index in [1.807, 2.05) is 24.3 Å². The van der Waals surface area contributed by atoms with Crippen LogP contribution in [0.25, 0.3) is 11.1 Å². The van der Waals surface area contributed by atoms with E-state index in [1.165, 1.54) is 11.1 Å². The van der Waals surface area contributed by atoms with E-state index in [0.29, 0.717) is 25.7 Å². The lowest BCUT2D eigenvalue weighted by Crippen LogP contribution is -2.41. The van der Waals surface area contributed by atoms with Gasteiger partial charge in [-0.2, -0.15) is 0 Å². The van der Waals surface area contributed by atoms with Crippen LogP contribution in [0.1, 0.15) is 42.7 Å². The van der Waals surface area contributed by atoms with E-state index in [2.05, 4.69) is 39.9 Å². The van der Waals surface area contributed by atoms with Crippen molar-refractivity contribution >= 4 is 18.0 Å². The molecule has 8 nitrogen and oxygen atoms in total. The van der Waals surface area contributed by atoms with Gasteiger partial charge in [-0.1, -0.05) is 48.5 Å². The summed E-state index contributed by atoms with van der Waals surface area (Å²) in [5.41, 5.74) is 6.87. The minimum absolute atomic E-state index is 0.0124. The number of hydroxylamine groups is 1. The quantitative estimate of drug-likeness (QED) is 0.572. The molecule has 0 aromatic heterocycles. The second kappa shape index (κ2) is 9.82. The third-order valence-corrected chi connectivity index (χ3v) is 6.13. The van der Waals surface area contributed by atoms with E-state index in [-0.39, 0.29) is 30.4 Å². The second-order valence-corrected chi connectivity index (χ2v) is 8.17. The third kappa shape index (κ3) is 4.91. The summed E-state index contributed by atoms with van der Waals surface area (Å²) in [6.45, 7) is -0.317. The first kappa shape index (κ1) is 21.8. The summed E-state index contributed by atoms with van der Waals surface area (Å²) in [6, 6.07) is 16.3. The number of carboxylic acids is 1. The van der Waals surface area contributed by atoms with Gasteiger partial charge in [-0.05, 0) is 47.9 Å². The molecule has 1 fully saturated rings. The molecular formula is C24H26N2O6. The predicted molar refractivity (Wildman–Crippen MR) is 116 cm³/mol. The van der Waals surface area contributed by atoms with E-state index < -0.39 is 18.7 Å². The van der Waals surface area contributed by atoms with Crippen molar-refractivity contribution in [1.29, 1.82) is 0 Å². The number of rotatable bonds is 7. The maximum absolute atomic E-state index is 12.4. The van der Waals surface area contributed by atoms with Crippen molar-refractivity contribution in [1.82, 2.24) is 10.8 Å². The normalized spacial score (nSPS) is 19.5. The number of hydrogen-bond acceptors (Lipinski definition) is 5. The molecule has 0 atom stereocenters. The summed E-state index contributed by atoms with van der Waals surface area (Å²) >= 11 is 0. The number of ether oxygens (including phenoxy) is 1. The number of carbonyl (C=O) groups excluding carboxylic acids is 2. The maximum Gasteiger partial charge on any atom is 0.407 e. The molecule has 0 bridgehead atoms. The molecule has 2 aromatic rings. The zero-order valence-corrected chi connectivity index (χ0v) is 17.6. The number of carbonyl (C=O) groups is 3. The van der Waals surface area contributed by atoms with Crippen LogP contribution in [-0.4, -0.2) is 42.3 Å². The van der Waals surface area contributed by atoms with Gasteiger partial charge in [0, 0.05) is 17.9 Å². The molecule has 2 aromatic carbocycles. The molecule has 0 saturated heterocycles. The van der Waals surface area contributed by atoms with Crippen molar-refractivity contribution in [2.45, 2.75) is 37.6 Å². The summed E-state index contributed by atoms with van der Waals surface area (Å²) in [6.07, 6.45) is 1.99. The Kier molecular flexibility index (Phi) is 6.70. The first-order valence-corrected chi connectivity index (χ1v) is 10.8. The van der Waals surface area contributed by atoms with Crippen molar-refractivity contribution in [2.24, 2.45) is 5.92 Å². The van der Waals surface area contributed by atoms with Gasteiger partial charge in [-0.3, -0.25) is 9.63 Å². The van der Waals surface area contributed by atoms with Crippen LogP contribution in [0.15, 0.2) is 48.5 Å². The number of carboxylic acid groups (broad SMARTS) is 1. The largest absolute Gasteiger partial charge is 0.479 e. The summed E-state index contributed by atoms with van der Waals surface area (Å²) in [4.78, 5) is 39.5. The molecule has 2 amide bonds. The highest BCUT2D eigenvalue weighted by Crippen LogP contribution is 2.44. The minimum atomic E-state index is -1.15. The van der Waals surface area contributed by atoms with Gasteiger partial charge in [-0.15, -0.1) is 0 Å². The van der Waals surface area contributed by atoms with Crippen LogP contribution in [0.4, 0.5) is 4.79 Å². The molecule has 3 N–H and O–H groups in total. The molecule has 2 aliphatic carbocycles. The molecule has 0 spiro atoms. The Hall–Kier alpha value is -3.39. The predicted octanol–water partition coefficient (Wildman–Crippen LogP) is 3.22. The van der Waals surface area contributed by atoms with Gasteiger partial charge >= 0.3 is 12.1 Å². The molecule has 0 unspecified atom stereocenters. The smallest absolute Gasteiger partial charge is 0.407 e. The van der Waals surface area contributed by atoms with Gasteiger partial charge in [0.25, 0.3) is 0 Å². The zero-order chi connectivity index (χ0) is 22.5. The van der Waals surface area contributed by atoms with E-state index in [0.717, 1.165) is 11.1 Å². The van der Waals surface area contributed by atoms with Crippen LogP contribution < -0.4 is 10.8 Å². The average molecular weight is 438 g/mol. The molecular weight excluding hydrogens is 412 g/mol. The van der Waals surface area contributed by atoms with E-state index in [4.69, 9.17) is 9.84 Å². The van der Waals surface area contributed by atoms with Crippen molar-refractivity contribution < 1.29 is 29.1 Å². The minimum Gasteiger partial charge on any atom is -0.479 e. The van der Waals surface area contributed by atoms with Crippen molar-refractivity contribution in [3.05, 3.63) is 59.7 Å². The van der Waals surface area contributed by atoms with Crippen molar-refractivity contribution in [2.75, 3.05) is 13.2 Å². The summed E-state index contributed by atoms with van der Waals surface area (Å²) in [5, 5.41) is 11.4. The number of alkyl carbamates (subject to hydrolysis) is 1. The third-order valence-electron chi connectivity index (χ3n) is 6.13. The van der Waals surface area contributed by atoms with Gasteiger partial charge in [-0.25, -0.2) is 15.1 Å². The monoisotopic (exact) mass is 438 g/mol. The number of nitrogens with one attached hydrogen (secondary N) is 2. The molecule has 4 rings (SSSR count). The fourth-order valence-corrected chi connectivity index (χ4v) is 4.56.